The molecule has 3 N–H and O–H groups in total. The molecule has 156 valence electrons. The van der Waals surface area contributed by atoms with E-state index in [4.69, 9.17) is 0 Å². The fraction of sp³-hybridized carbons (Fsp3) is 0.500. The Morgan fingerprint density at radius 3 is 1.96 bits per heavy atom. The van der Waals surface area contributed by atoms with Gasteiger partial charge in [-0.15, -0.1) is 0 Å². The molecule has 0 aromatic heterocycles. The Morgan fingerprint density at radius 1 is 0.929 bits per heavy atom. The summed E-state index contributed by atoms with van der Waals surface area (Å²) in [4.78, 5) is 25.6. The van der Waals surface area contributed by atoms with Gasteiger partial charge in [0.15, 0.2) is 0 Å². The Labute approximate surface area is 156 Å². The monoisotopic (exact) mass is 412 g/mol. The first-order valence-corrected chi connectivity index (χ1v) is 8.28. The van der Waals surface area contributed by atoms with Gasteiger partial charge >= 0.3 is 24.2 Å². The molecule has 1 saturated heterocycles. The first kappa shape index (κ1) is 22.0. The molecule has 1 aromatic carbocycles. The second-order valence-electron chi connectivity index (χ2n) is 6.10. The van der Waals surface area contributed by atoms with Gasteiger partial charge in [0.05, 0.1) is 11.1 Å². The van der Waals surface area contributed by atoms with Crippen LogP contribution in [0.3, 0.4) is 0 Å². The summed E-state index contributed by atoms with van der Waals surface area (Å²) >= 11 is 0. The van der Waals surface area contributed by atoms with Gasteiger partial charge in [-0.3, -0.25) is 14.5 Å². The molecule has 0 aliphatic carbocycles. The Balaban J connectivity index is 2.00. The molecule has 0 saturated carbocycles. The summed E-state index contributed by atoms with van der Waals surface area (Å²) in [6.07, 6.45) is -10.1. The number of piperazine rings is 1. The standard InChI is InChI=1S/C16H18F6N4O2/c17-15(18,19)10-7-11(16(20,21)22)9-12(8-10)25-14(28)13(27)24-3-6-26-4-1-23-2-5-26/h7-9,23H,1-6H2,(H,24,27)(H,25,28). The molecule has 0 bridgehead atoms. The Kier molecular flexibility index (Phi) is 6.88. The number of rotatable bonds is 4. The minimum Gasteiger partial charge on any atom is -0.347 e. The van der Waals surface area contributed by atoms with Gasteiger partial charge in [0.2, 0.25) is 0 Å². The number of carbonyl (C=O) groups excluding carboxylic acids is 2. The average Bonchev–Trinajstić information content (AvgIpc) is 2.60. The molecule has 2 rings (SSSR count). The molecule has 6 nitrogen and oxygen atoms in total. The number of hydrogen-bond donors (Lipinski definition) is 3. The summed E-state index contributed by atoms with van der Waals surface area (Å²) in [6.45, 7) is 3.65. The summed E-state index contributed by atoms with van der Waals surface area (Å²) in [5.74, 6) is -2.51. The van der Waals surface area contributed by atoms with Gasteiger partial charge in [0.1, 0.15) is 0 Å². The number of carbonyl (C=O) groups is 2. The Morgan fingerprint density at radius 2 is 1.46 bits per heavy atom. The van der Waals surface area contributed by atoms with Crippen molar-refractivity contribution >= 4 is 17.5 Å². The summed E-state index contributed by atoms with van der Waals surface area (Å²) in [5, 5.41) is 7.20. The number of anilines is 1. The van der Waals surface area contributed by atoms with Crippen molar-refractivity contribution in [3.8, 4) is 0 Å². The fourth-order valence-corrected chi connectivity index (χ4v) is 2.56. The first-order chi connectivity index (χ1) is 13.0. The first-order valence-electron chi connectivity index (χ1n) is 8.28. The average molecular weight is 412 g/mol. The van der Waals surface area contributed by atoms with Crippen molar-refractivity contribution in [3.63, 3.8) is 0 Å². The molecule has 28 heavy (non-hydrogen) atoms. The van der Waals surface area contributed by atoms with Gasteiger partial charge in [0, 0.05) is 45.0 Å². The van der Waals surface area contributed by atoms with Crippen molar-refractivity contribution in [2.75, 3.05) is 44.6 Å². The van der Waals surface area contributed by atoms with Crippen molar-refractivity contribution in [1.82, 2.24) is 15.5 Å². The van der Waals surface area contributed by atoms with Crippen molar-refractivity contribution in [1.29, 1.82) is 0 Å². The highest BCUT2D eigenvalue weighted by Gasteiger charge is 2.37. The van der Waals surface area contributed by atoms with Crippen LogP contribution >= 0.6 is 0 Å². The van der Waals surface area contributed by atoms with Gasteiger partial charge in [-0.2, -0.15) is 26.3 Å². The Bertz CT molecular complexity index is 682. The molecule has 0 atom stereocenters. The molecule has 2 amide bonds. The van der Waals surface area contributed by atoms with Crippen LogP contribution in [0.25, 0.3) is 0 Å². The van der Waals surface area contributed by atoms with E-state index in [1.54, 1.807) is 5.32 Å². The highest BCUT2D eigenvalue weighted by molar-refractivity contribution is 6.39. The zero-order valence-corrected chi connectivity index (χ0v) is 14.5. The molecule has 1 aliphatic rings. The second kappa shape index (κ2) is 8.78. The van der Waals surface area contributed by atoms with Crippen LogP contribution in [0.2, 0.25) is 0 Å². The lowest BCUT2D eigenvalue weighted by Gasteiger charge is -2.26. The third kappa shape index (κ3) is 6.37. The lowest BCUT2D eigenvalue weighted by Crippen LogP contribution is -2.47. The van der Waals surface area contributed by atoms with E-state index >= 15 is 0 Å². The number of halogens is 6. The van der Waals surface area contributed by atoms with Crippen LogP contribution in [-0.4, -0.2) is 56.0 Å². The highest BCUT2D eigenvalue weighted by Crippen LogP contribution is 2.37. The van der Waals surface area contributed by atoms with Crippen LogP contribution in [0, 0.1) is 0 Å². The summed E-state index contributed by atoms with van der Waals surface area (Å²) in [5.41, 5.74) is -3.95. The van der Waals surface area contributed by atoms with E-state index in [0.29, 0.717) is 18.7 Å². The minimum absolute atomic E-state index is 0.0663. The number of benzene rings is 1. The van der Waals surface area contributed by atoms with Gasteiger partial charge in [-0.1, -0.05) is 0 Å². The van der Waals surface area contributed by atoms with Gasteiger partial charge in [-0.05, 0) is 18.2 Å². The van der Waals surface area contributed by atoms with Gasteiger partial charge in [-0.25, -0.2) is 0 Å². The van der Waals surface area contributed by atoms with E-state index in [9.17, 15) is 35.9 Å². The van der Waals surface area contributed by atoms with Crippen LogP contribution in [-0.2, 0) is 21.9 Å². The van der Waals surface area contributed by atoms with Crippen LogP contribution in [0.15, 0.2) is 18.2 Å². The normalized spacial score (nSPS) is 15.9. The lowest BCUT2D eigenvalue weighted by atomic mass is 10.1. The number of hydrogen-bond acceptors (Lipinski definition) is 4. The number of amides is 2. The zero-order valence-electron chi connectivity index (χ0n) is 14.5. The van der Waals surface area contributed by atoms with E-state index in [0.717, 1.165) is 26.2 Å². The zero-order chi connectivity index (χ0) is 20.9. The predicted octanol–water partition coefficient (Wildman–Crippen LogP) is 1.68. The molecule has 12 heteroatoms. The maximum atomic E-state index is 12.8. The number of nitrogens with one attached hydrogen (secondary N) is 3. The smallest absolute Gasteiger partial charge is 0.347 e. The third-order valence-corrected chi connectivity index (χ3v) is 3.97. The molecule has 1 aliphatic heterocycles. The van der Waals surface area contributed by atoms with Crippen LogP contribution in [0.1, 0.15) is 11.1 Å². The Hall–Kier alpha value is -2.34. The number of nitrogens with zero attached hydrogens (tertiary/aromatic N) is 1. The van der Waals surface area contributed by atoms with Crippen LogP contribution in [0.5, 0.6) is 0 Å². The fourth-order valence-electron chi connectivity index (χ4n) is 2.56. The molecule has 1 aromatic rings. The molecule has 0 unspecified atom stereocenters. The highest BCUT2D eigenvalue weighted by atomic mass is 19.4. The topological polar surface area (TPSA) is 73.5 Å². The van der Waals surface area contributed by atoms with Crippen molar-refractivity contribution in [3.05, 3.63) is 29.3 Å². The van der Waals surface area contributed by atoms with Crippen molar-refractivity contribution in [2.24, 2.45) is 0 Å². The molecule has 0 spiro atoms. The second-order valence-corrected chi connectivity index (χ2v) is 6.10. The summed E-state index contributed by atoms with van der Waals surface area (Å²) in [6, 6.07) is 0.603. The van der Waals surface area contributed by atoms with Crippen LogP contribution in [0.4, 0.5) is 32.0 Å². The largest absolute Gasteiger partial charge is 0.416 e. The summed E-state index contributed by atoms with van der Waals surface area (Å²) in [7, 11) is 0. The maximum Gasteiger partial charge on any atom is 0.416 e. The quantitative estimate of drug-likeness (QED) is 0.520. The van der Waals surface area contributed by atoms with Gasteiger partial charge in [0.25, 0.3) is 0 Å². The lowest BCUT2D eigenvalue weighted by molar-refractivity contribution is -0.143. The molecular formula is C16H18F6N4O2. The van der Waals surface area contributed by atoms with Crippen molar-refractivity contribution < 1.29 is 35.9 Å². The minimum atomic E-state index is -5.05. The molecule has 1 heterocycles. The van der Waals surface area contributed by atoms with Crippen molar-refractivity contribution in [2.45, 2.75) is 12.4 Å². The van der Waals surface area contributed by atoms with E-state index in [2.05, 4.69) is 10.6 Å². The summed E-state index contributed by atoms with van der Waals surface area (Å²) < 4.78 is 76.8. The van der Waals surface area contributed by atoms with E-state index in [-0.39, 0.29) is 12.6 Å². The predicted molar refractivity (Wildman–Crippen MR) is 87.4 cm³/mol. The maximum absolute atomic E-state index is 12.8. The van der Waals surface area contributed by atoms with Crippen LogP contribution < -0.4 is 16.0 Å². The molecule has 0 radical (unpaired) electrons. The van der Waals surface area contributed by atoms with Gasteiger partial charge < -0.3 is 16.0 Å². The molecule has 1 fully saturated rings. The van der Waals surface area contributed by atoms with E-state index in [1.165, 1.54) is 0 Å². The van der Waals surface area contributed by atoms with E-state index < -0.39 is 41.0 Å². The SMILES string of the molecule is O=C(NCCN1CCNCC1)C(=O)Nc1cc(C(F)(F)F)cc(C(F)(F)F)c1. The number of alkyl halides is 6. The molecular weight excluding hydrogens is 394 g/mol. The third-order valence-electron chi connectivity index (χ3n) is 3.97. The van der Waals surface area contributed by atoms with E-state index in [1.807, 2.05) is 4.90 Å².